The van der Waals surface area contributed by atoms with Crippen LogP contribution in [0.5, 0.6) is 11.5 Å². The van der Waals surface area contributed by atoms with E-state index in [0.29, 0.717) is 35.7 Å². The zero-order valence-corrected chi connectivity index (χ0v) is 22.4. The number of esters is 1. The quantitative estimate of drug-likeness (QED) is 0.176. The molecule has 1 aliphatic carbocycles. The molecule has 0 fully saturated rings. The van der Waals surface area contributed by atoms with Crippen molar-refractivity contribution in [3.05, 3.63) is 82.2 Å². The molecule has 6 rings (SSSR count). The van der Waals surface area contributed by atoms with E-state index < -0.39 is 35.0 Å². The molecule has 4 aromatic rings. The minimum Gasteiger partial charge on any atom is -0.492 e. The molecule has 12 heteroatoms. The number of aryl methyl sites for hydroxylation is 1. The lowest BCUT2D eigenvalue weighted by atomic mass is 9.90. The first kappa shape index (κ1) is 27.7. The van der Waals surface area contributed by atoms with E-state index in [-0.39, 0.29) is 47.6 Å². The molecule has 7 nitrogen and oxygen atoms in total. The first-order valence-electron chi connectivity index (χ1n) is 13.1. The SMILES string of the molecule is COC(=O)C[C@@H]1COc2cc(OC3CCc4c3ccc(C(F)(F)F)c4-c3cc(F)c(-c4noc(C)n4)c(F)c3)ccc21. The smallest absolute Gasteiger partial charge is 0.417 e. The lowest BCUT2D eigenvalue weighted by molar-refractivity contribution is -0.141. The van der Waals surface area contributed by atoms with Gasteiger partial charge in [-0.05, 0) is 59.4 Å². The number of hydrogen-bond acceptors (Lipinski definition) is 7. The number of aromatic nitrogens is 2. The maximum Gasteiger partial charge on any atom is 0.417 e. The number of benzene rings is 3. The number of alkyl halides is 3. The molecule has 2 heterocycles. The van der Waals surface area contributed by atoms with Crippen molar-refractivity contribution in [2.45, 2.75) is 44.4 Å². The minimum atomic E-state index is -4.78. The van der Waals surface area contributed by atoms with Crippen LogP contribution in [-0.4, -0.2) is 29.8 Å². The van der Waals surface area contributed by atoms with Crippen molar-refractivity contribution < 1.29 is 45.5 Å². The summed E-state index contributed by atoms with van der Waals surface area (Å²) in [4.78, 5) is 15.5. The zero-order valence-electron chi connectivity index (χ0n) is 22.4. The second-order valence-corrected chi connectivity index (χ2v) is 10.1. The van der Waals surface area contributed by atoms with Gasteiger partial charge in [0.15, 0.2) is 0 Å². The molecule has 0 radical (unpaired) electrons. The van der Waals surface area contributed by atoms with Crippen molar-refractivity contribution in [1.82, 2.24) is 10.1 Å². The summed E-state index contributed by atoms with van der Waals surface area (Å²) in [6, 6.07) is 9.14. The Morgan fingerprint density at radius 2 is 1.79 bits per heavy atom. The Balaban J connectivity index is 1.34. The van der Waals surface area contributed by atoms with Gasteiger partial charge in [0.05, 0.1) is 31.3 Å². The third-order valence-electron chi connectivity index (χ3n) is 7.52. The topological polar surface area (TPSA) is 83.7 Å². The van der Waals surface area contributed by atoms with Gasteiger partial charge in [0, 0.05) is 24.5 Å². The Bertz CT molecular complexity index is 1680. The van der Waals surface area contributed by atoms with E-state index in [1.165, 1.54) is 20.1 Å². The molecular formula is C30H23F5N2O5. The van der Waals surface area contributed by atoms with Crippen LogP contribution in [0.15, 0.2) is 47.0 Å². The summed E-state index contributed by atoms with van der Waals surface area (Å²) in [6.07, 6.45) is -4.68. The van der Waals surface area contributed by atoms with Gasteiger partial charge in [-0.1, -0.05) is 17.3 Å². The fourth-order valence-corrected chi connectivity index (χ4v) is 5.63. The highest BCUT2D eigenvalue weighted by atomic mass is 19.4. The molecule has 0 saturated heterocycles. The number of carbonyl (C=O) groups is 1. The molecule has 1 aliphatic heterocycles. The predicted molar refractivity (Wildman–Crippen MR) is 138 cm³/mol. The van der Waals surface area contributed by atoms with Gasteiger partial charge in [0.2, 0.25) is 11.7 Å². The highest BCUT2D eigenvalue weighted by Gasteiger charge is 2.39. The molecule has 1 aromatic heterocycles. The van der Waals surface area contributed by atoms with Crippen molar-refractivity contribution in [1.29, 1.82) is 0 Å². The van der Waals surface area contributed by atoms with E-state index in [0.717, 1.165) is 23.8 Å². The maximum absolute atomic E-state index is 15.2. The second kappa shape index (κ2) is 10.4. The standard InChI is InChI=1S/C30H23F5N2O5/c1-14-36-29(37-42-14)28-22(31)9-15(10-23(28)32)27-20-6-8-24(19(20)5-7-21(27)30(33,34)35)41-17-3-4-18-16(11-26(38)39-2)13-40-25(18)12-17/h3-5,7,9-10,12,16,24H,6,8,11,13H2,1-2H3/t16-,24?/m1/s1. The van der Waals surface area contributed by atoms with Gasteiger partial charge in [-0.15, -0.1) is 0 Å². The molecule has 42 heavy (non-hydrogen) atoms. The van der Waals surface area contributed by atoms with Crippen LogP contribution >= 0.6 is 0 Å². The van der Waals surface area contributed by atoms with Crippen LogP contribution in [0.2, 0.25) is 0 Å². The Hall–Kier alpha value is -4.48. The van der Waals surface area contributed by atoms with Gasteiger partial charge in [-0.3, -0.25) is 4.79 Å². The summed E-state index contributed by atoms with van der Waals surface area (Å²) in [5.74, 6) is -2.03. The average molecular weight is 587 g/mol. The summed E-state index contributed by atoms with van der Waals surface area (Å²) in [7, 11) is 1.32. The summed E-state index contributed by atoms with van der Waals surface area (Å²) in [5.41, 5.74) is -0.546. The van der Waals surface area contributed by atoms with Crippen molar-refractivity contribution in [2.24, 2.45) is 0 Å². The number of nitrogens with zero attached hydrogens (tertiary/aromatic N) is 2. The van der Waals surface area contributed by atoms with Crippen LogP contribution in [-0.2, 0) is 22.1 Å². The molecular weight excluding hydrogens is 563 g/mol. The van der Waals surface area contributed by atoms with Crippen LogP contribution in [0, 0.1) is 18.6 Å². The zero-order chi connectivity index (χ0) is 29.8. The van der Waals surface area contributed by atoms with Gasteiger partial charge in [-0.25, -0.2) is 8.78 Å². The minimum absolute atomic E-state index is 0.0788. The van der Waals surface area contributed by atoms with E-state index >= 15 is 8.78 Å². The van der Waals surface area contributed by atoms with Crippen LogP contribution in [0.4, 0.5) is 22.0 Å². The summed E-state index contributed by atoms with van der Waals surface area (Å²) in [5, 5.41) is 3.52. The molecule has 218 valence electrons. The normalized spacial score (nSPS) is 17.5. The van der Waals surface area contributed by atoms with E-state index in [1.54, 1.807) is 18.2 Å². The monoisotopic (exact) mass is 586 g/mol. The first-order chi connectivity index (χ1) is 20.0. The highest BCUT2D eigenvalue weighted by Crippen LogP contribution is 2.47. The molecule has 2 aliphatic rings. The Labute approximate surface area is 236 Å². The maximum atomic E-state index is 15.2. The van der Waals surface area contributed by atoms with Gasteiger partial charge < -0.3 is 18.7 Å². The van der Waals surface area contributed by atoms with Crippen molar-refractivity contribution >= 4 is 5.97 Å². The first-order valence-corrected chi connectivity index (χ1v) is 13.1. The van der Waals surface area contributed by atoms with Gasteiger partial charge >= 0.3 is 12.1 Å². The highest BCUT2D eigenvalue weighted by molar-refractivity contribution is 5.76. The number of ether oxygens (including phenoxy) is 3. The molecule has 0 bridgehead atoms. The number of rotatable bonds is 6. The largest absolute Gasteiger partial charge is 0.492 e. The summed E-state index contributed by atoms with van der Waals surface area (Å²) >= 11 is 0. The lowest BCUT2D eigenvalue weighted by Crippen LogP contribution is -2.11. The molecule has 1 unspecified atom stereocenters. The van der Waals surface area contributed by atoms with Crippen molar-refractivity contribution in [3.8, 4) is 34.0 Å². The van der Waals surface area contributed by atoms with E-state index in [2.05, 4.69) is 10.1 Å². The summed E-state index contributed by atoms with van der Waals surface area (Å²) in [6.45, 7) is 1.75. The Kier molecular flexibility index (Phi) is 6.86. The summed E-state index contributed by atoms with van der Waals surface area (Å²) < 4.78 is 94.2. The molecule has 2 atom stereocenters. The van der Waals surface area contributed by atoms with Crippen LogP contribution in [0.3, 0.4) is 0 Å². The lowest BCUT2D eigenvalue weighted by Gasteiger charge is -2.20. The number of methoxy groups -OCH3 is 1. The second-order valence-electron chi connectivity index (χ2n) is 10.1. The fourth-order valence-electron chi connectivity index (χ4n) is 5.63. The molecule has 0 spiro atoms. The van der Waals surface area contributed by atoms with Crippen LogP contribution in [0.1, 0.15) is 53.0 Å². The van der Waals surface area contributed by atoms with Crippen molar-refractivity contribution in [3.63, 3.8) is 0 Å². The number of halogens is 5. The molecule has 0 amide bonds. The third kappa shape index (κ3) is 4.94. The van der Waals surface area contributed by atoms with E-state index in [1.807, 2.05) is 0 Å². The predicted octanol–water partition coefficient (Wildman–Crippen LogP) is 7.11. The third-order valence-corrected chi connectivity index (χ3v) is 7.52. The van der Waals surface area contributed by atoms with Crippen LogP contribution < -0.4 is 9.47 Å². The molecule has 0 saturated carbocycles. The number of fused-ring (bicyclic) bond motifs is 2. The Morgan fingerprint density at radius 1 is 1.05 bits per heavy atom. The van der Waals surface area contributed by atoms with Crippen LogP contribution in [0.25, 0.3) is 22.5 Å². The molecule has 3 aromatic carbocycles. The average Bonchev–Trinajstić information content (AvgIpc) is 3.66. The van der Waals surface area contributed by atoms with E-state index in [4.69, 9.17) is 18.7 Å². The Morgan fingerprint density at radius 3 is 2.45 bits per heavy atom. The van der Waals surface area contributed by atoms with Gasteiger partial charge in [0.1, 0.15) is 29.2 Å². The number of carbonyl (C=O) groups excluding carboxylic acids is 1. The number of hydrogen-bond donors (Lipinski definition) is 0. The fraction of sp³-hybridized carbons (Fsp3) is 0.300. The van der Waals surface area contributed by atoms with Gasteiger partial charge in [-0.2, -0.15) is 18.2 Å². The van der Waals surface area contributed by atoms with Gasteiger partial charge in [0.25, 0.3) is 0 Å². The van der Waals surface area contributed by atoms with Crippen molar-refractivity contribution in [2.75, 3.05) is 13.7 Å². The van der Waals surface area contributed by atoms with E-state index in [9.17, 15) is 18.0 Å². The molecule has 0 N–H and O–H groups in total.